The van der Waals surface area contributed by atoms with Crippen LogP contribution in [0.25, 0.3) is 38.8 Å². The number of allylic oxidation sites excluding steroid dienone is 1. The van der Waals surface area contributed by atoms with Crippen molar-refractivity contribution < 1.29 is 13.9 Å². The van der Waals surface area contributed by atoms with E-state index in [1.807, 2.05) is 44.2 Å². The average molecular weight is 486 g/mol. The maximum absolute atomic E-state index is 13.0. The van der Waals surface area contributed by atoms with Gasteiger partial charge in [0, 0.05) is 34.3 Å². The minimum atomic E-state index is -0.175. The smallest absolute Gasteiger partial charge is 0.248 e. The van der Waals surface area contributed by atoms with Crippen molar-refractivity contribution in [3.63, 3.8) is 0 Å². The standard InChI is InChI=1S/C33H27NO3/c1-3-36-31-19-32-29(30(20-37-32)22-9-5-4-6-10-22)18-28(31)21(2)15-33(35)34-25-13-14-27-24(17-25)16-23-11-7-8-12-26(23)27/h4-15,17-20H,3,16H2,1-2H3,(H,34,35)/b21-15+. The number of fused-ring (bicyclic) bond motifs is 4. The molecular formula is C33H27NO3. The molecule has 0 saturated heterocycles. The molecule has 0 saturated carbocycles. The number of nitrogens with one attached hydrogen (secondary N) is 1. The van der Waals surface area contributed by atoms with Crippen LogP contribution in [0.2, 0.25) is 0 Å². The highest BCUT2D eigenvalue weighted by atomic mass is 16.5. The summed E-state index contributed by atoms with van der Waals surface area (Å²) in [6.45, 7) is 4.40. The van der Waals surface area contributed by atoms with E-state index in [2.05, 4.69) is 59.9 Å². The Kier molecular flexibility index (Phi) is 5.85. The fourth-order valence-corrected chi connectivity index (χ4v) is 5.15. The van der Waals surface area contributed by atoms with Crippen molar-refractivity contribution in [3.05, 3.63) is 114 Å². The van der Waals surface area contributed by atoms with Gasteiger partial charge >= 0.3 is 0 Å². The average Bonchev–Trinajstić information content (AvgIpc) is 3.49. The zero-order chi connectivity index (χ0) is 25.4. The number of benzene rings is 4. The van der Waals surface area contributed by atoms with Crippen LogP contribution in [0.1, 0.15) is 30.5 Å². The molecule has 37 heavy (non-hydrogen) atoms. The highest BCUT2D eigenvalue weighted by Gasteiger charge is 2.19. The van der Waals surface area contributed by atoms with Gasteiger partial charge in [-0.25, -0.2) is 0 Å². The van der Waals surface area contributed by atoms with E-state index in [1.165, 1.54) is 22.3 Å². The summed E-state index contributed by atoms with van der Waals surface area (Å²) in [4.78, 5) is 13.0. The Morgan fingerprint density at radius 2 is 1.70 bits per heavy atom. The number of rotatable bonds is 6. The summed E-state index contributed by atoms with van der Waals surface area (Å²) < 4.78 is 11.8. The summed E-state index contributed by atoms with van der Waals surface area (Å²) in [7, 11) is 0. The minimum Gasteiger partial charge on any atom is -0.493 e. The van der Waals surface area contributed by atoms with Crippen molar-refractivity contribution in [3.8, 4) is 28.0 Å². The van der Waals surface area contributed by atoms with Crippen LogP contribution in [0.3, 0.4) is 0 Å². The van der Waals surface area contributed by atoms with E-state index in [9.17, 15) is 4.79 Å². The molecule has 0 radical (unpaired) electrons. The number of anilines is 1. The van der Waals surface area contributed by atoms with Gasteiger partial charge in [0.15, 0.2) is 0 Å². The van der Waals surface area contributed by atoms with E-state index in [-0.39, 0.29) is 5.91 Å². The normalized spacial score (nSPS) is 12.3. The number of furan rings is 1. The van der Waals surface area contributed by atoms with Gasteiger partial charge in [-0.1, -0.05) is 60.7 Å². The molecule has 1 heterocycles. The first-order valence-electron chi connectivity index (χ1n) is 12.5. The number of carbonyl (C=O) groups is 1. The van der Waals surface area contributed by atoms with E-state index < -0.39 is 0 Å². The molecule has 0 spiro atoms. The minimum absolute atomic E-state index is 0.175. The van der Waals surface area contributed by atoms with Gasteiger partial charge in [0.1, 0.15) is 11.3 Å². The Morgan fingerprint density at radius 3 is 2.54 bits per heavy atom. The molecular weight excluding hydrogens is 458 g/mol. The van der Waals surface area contributed by atoms with E-state index in [0.717, 1.165) is 45.3 Å². The van der Waals surface area contributed by atoms with Gasteiger partial charge in [0.05, 0.1) is 12.9 Å². The number of hydrogen-bond acceptors (Lipinski definition) is 3. The lowest BCUT2D eigenvalue weighted by atomic mass is 9.99. The van der Waals surface area contributed by atoms with E-state index in [0.29, 0.717) is 12.4 Å². The van der Waals surface area contributed by atoms with Gasteiger partial charge in [0.2, 0.25) is 5.91 Å². The SMILES string of the molecule is CCOc1cc2occ(-c3ccccc3)c2cc1/C(C)=C/C(=O)Nc1ccc2c(c1)Cc1ccccc1-2. The van der Waals surface area contributed by atoms with Crippen LogP contribution in [0.5, 0.6) is 5.75 Å². The fourth-order valence-electron chi connectivity index (χ4n) is 5.15. The molecule has 0 fully saturated rings. The number of ether oxygens (including phenoxy) is 1. The molecule has 4 heteroatoms. The molecule has 0 bridgehead atoms. The lowest BCUT2D eigenvalue weighted by Gasteiger charge is -2.12. The Balaban J connectivity index is 1.30. The predicted octanol–water partition coefficient (Wildman–Crippen LogP) is 8.11. The molecule has 0 unspecified atom stereocenters. The number of hydrogen-bond donors (Lipinski definition) is 1. The molecule has 4 aromatic carbocycles. The third-order valence-electron chi connectivity index (χ3n) is 6.89. The van der Waals surface area contributed by atoms with Crippen molar-refractivity contribution in [2.45, 2.75) is 20.3 Å². The van der Waals surface area contributed by atoms with E-state index in [1.54, 1.807) is 12.3 Å². The fraction of sp³-hybridized carbons (Fsp3) is 0.121. The predicted molar refractivity (Wildman–Crippen MR) is 150 cm³/mol. The quantitative estimate of drug-likeness (QED) is 0.242. The van der Waals surface area contributed by atoms with E-state index >= 15 is 0 Å². The first-order valence-corrected chi connectivity index (χ1v) is 12.5. The summed E-state index contributed by atoms with van der Waals surface area (Å²) in [5, 5.41) is 4.03. The molecule has 1 aliphatic carbocycles. The zero-order valence-corrected chi connectivity index (χ0v) is 20.9. The van der Waals surface area contributed by atoms with Crippen molar-refractivity contribution >= 4 is 28.1 Å². The van der Waals surface area contributed by atoms with Gasteiger partial charge in [0.25, 0.3) is 0 Å². The Labute approximate surface area is 216 Å². The van der Waals surface area contributed by atoms with Crippen LogP contribution >= 0.6 is 0 Å². The Morgan fingerprint density at radius 1 is 0.919 bits per heavy atom. The highest BCUT2D eigenvalue weighted by Crippen LogP contribution is 2.39. The van der Waals surface area contributed by atoms with Gasteiger partial charge in [-0.05, 0) is 71.9 Å². The molecule has 4 nitrogen and oxygen atoms in total. The Bertz CT molecular complexity index is 1660. The lowest BCUT2D eigenvalue weighted by molar-refractivity contribution is -0.111. The molecule has 1 aliphatic rings. The number of carbonyl (C=O) groups excluding carboxylic acids is 1. The summed E-state index contributed by atoms with van der Waals surface area (Å²) >= 11 is 0. The summed E-state index contributed by atoms with van der Waals surface area (Å²) in [6.07, 6.45) is 4.29. The molecule has 0 aliphatic heterocycles. The second-order valence-corrected chi connectivity index (χ2v) is 9.32. The van der Waals surface area contributed by atoms with Crippen molar-refractivity contribution in [1.29, 1.82) is 0 Å². The molecule has 182 valence electrons. The topological polar surface area (TPSA) is 51.5 Å². The van der Waals surface area contributed by atoms with Gasteiger partial charge in [-0.2, -0.15) is 0 Å². The molecule has 1 N–H and O–H groups in total. The lowest BCUT2D eigenvalue weighted by Crippen LogP contribution is -2.09. The third kappa shape index (κ3) is 4.31. The van der Waals surface area contributed by atoms with Crippen molar-refractivity contribution in [2.75, 3.05) is 11.9 Å². The monoisotopic (exact) mass is 485 g/mol. The third-order valence-corrected chi connectivity index (χ3v) is 6.89. The molecule has 6 rings (SSSR count). The van der Waals surface area contributed by atoms with Crippen molar-refractivity contribution in [2.24, 2.45) is 0 Å². The zero-order valence-electron chi connectivity index (χ0n) is 20.9. The van der Waals surface area contributed by atoms with Gasteiger partial charge < -0.3 is 14.5 Å². The van der Waals surface area contributed by atoms with Crippen molar-refractivity contribution in [1.82, 2.24) is 0 Å². The first kappa shape index (κ1) is 22.9. The van der Waals surface area contributed by atoms with E-state index in [4.69, 9.17) is 9.15 Å². The van der Waals surface area contributed by atoms with Gasteiger partial charge in [-0.15, -0.1) is 0 Å². The van der Waals surface area contributed by atoms with Gasteiger partial charge in [-0.3, -0.25) is 4.79 Å². The summed E-state index contributed by atoms with van der Waals surface area (Å²) in [6, 6.07) is 28.7. The first-order chi connectivity index (χ1) is 18.1. The summed E-state index contributed by atoms with van der Waals surface area (Å²) in [5.74, 6) is 0.520. The van der Waals surface area contributed by atoms with Crippen LogP contribution in [-0.2, 0) is 11.2 Å². The number of amides is 1. The second kappa shape index (κ2) is 9.47. The molecule has 5 aromatic rings. The highest BCUT2D eigenvalue weighted by molar-refractivity contribution is 6.05. The maximum atomic E-state index is 13.0. The largest absolute Gasteiger partial charge is 0.493 e. The maximum Gasteiger partial charge on any atom is 0.248 e. The van der Waals surface area contributed by atoms with Crippen LogP contribution in [0.15, 0.2) is 102 Å². The van der Waals surface area contributed by atoms with Crippen LogP contribution in [0.4, 0.5) is 5.69 Å². The second-order valence-electron chi connectivity index (χ2n) is 9.32. The molecule has 0 atom stereocenters. The van der Waals surface area contributed by atoms with Crippen LogP contribution < -0.4 is 10.1 Å². The summed E-state index contributed by atoms with van der Waals surface area (Å²) in [5.41, 5.74) is 10.4. The molecule has 1 aromatic heterocycles. The Hall–Kier alpha value is -4.57. The van der Waals surface area contributed by atoms with Crippen LogP contribution in [-0.4, -0.2) is 12.5 Å². The van der Waals surface area contributed by atoms with Crippen LogP contribution in [0, 0.1) is 0 Å². The molecule has 1 amide bonds.